The van der Waals surface area contributed by atoms with Gasteiger partial charge in [-0.1, -0.05) is 29.1 Å². The van der Waals surface area contributed by atoms with Crippen LogP contribution in [0, 0.1) is 6.92 Å². The lowest BCUT2D eigenvalue weighted by Crippen LogP contribution is -2.25. The second kappa shape index (κ2) is 7.55. The molecular formula is C18H19N5O4S. The Morgan fingerprint density at radius 1 is 1.32 bits per heavy atom. The highest BCUT2D eigenvalue weighted by Gasteiger charge is 2.28. The van der Waals surface area contributed by atoms with Gasteiger partial charge in [0.15, 0.2) is 28.6 Å². The van der Waals surface area contributed by atoms with Crippen LogP contribution in [-0.4, -0.2) is 37.7 Å². The SMILES string of the molecule is Cc1cc(NC(=O)C(C)Sc2nnc(C3COc4ccccc4O3)n2C)on1. The molecule has 0 fully saturated rings. The van der Waals surface area contributed by atoms with Gasteiger partial charge in [-0.15, -0.1) is 10.2 Å². The zero-order valence-electron chi connectivity index (χ0n) is 15.6. The van der Waals surface area contributed by atoms with Crippen molar-refractivity contribution in [1.82, 2.24) is 19.9 Å². The fourth-order valence-electron chi connectivity index (χ4n) is 2.71. The highest BCUT2D eigenvalue weighted by Crippen LogP contribution is 2.36. The number of nitrogens with one attached hydrogen (secondary N) is 1. The normalized spacial score (nSPS) is 16.6. The lowest BCUT2D eigenvalue weighted by molar-refractivity contribution is -0.115. The van der Waals surface area contributed by atoms with Gasteiger partial charge in [0.05, 0.1) is 10.9 Å². The van der Waals surface area contributed by atoms with Crippen LogP contribution in [0.5, 0.6) is 11.5 Å². The summed E-state index contributed by atoms with van der Waals surface area (Å²) < 4.78 is 18.6. The molecule has 2 atom stereocenters. The van der Waals surface area contributed by atoms with Gasteiger partial charge in [0.2, 0.25) is 11.8 Å². The molecule has 1 aromatic carbocycles. The molecule has 0 radical (unpaired) electrons. The second-order valence-corrected chi connectivity index (χ2v) is 7.65. The molecule has 1 N–H and O–H groups in total. The molecule has 1 amide bonds. The average Bonchev–Trinajstić information content (AvgIpc) is 3.27. The molecule has 10 heteroatoms. The molecule has 146 valence electrons. The van der Waals surface area contributed by atoms with Crippen molar-refractivity contribution in [3.8, 4) is 11.5 Å². The number of hydrogen-bond donors (Lipinski definition) is 1. The third-order valence-electron chi connectivity index (χ3n) is 4.19. The molecule has 3 aromatic rings. The summed E-state index contributed by atoms with van der Waals surface area (Å²) in [7, 11) is 1.84. The van der Waals surface area contributed by atoms with E-state index in [0.29, 0.717) is 40.7 Å². The number of aromatic nitrogens is 4. The van der Waals surface area contributed by atoms with Crippen molar-refractivity contribution >= 4 is 23.6 Å². The van der Waals surface area contributed by atoms with Crippen LogP contribution in [0.25, 0.3) is 0 Å². The zero-order chi connectivity index (χ0) is 19.7. The minimum Gasteiger partial charge on any atom is -0.485 e. The predicted molar refractivity (Wildman–Crippen MR) is 101 cm³/mol. The topological polar surface area (TPSA) is 104 Å². The Balaban J connectivity index is 1.43. The van der Waals surface area contributed by atoms with Gasteiger partial charge in [0, 0.05) is 13.1 Å². The minimum atomic E-state index is -0.412. The molecule has 0 saturated heterocycles. The van der Waals surface area contributed by atoms with Crippen LogP contribution in [0.3, 0.4) is 0 Å². The van der Waals surface area contributed by atoms with E-state index in [9.17, 15) is 4.79 Å². The van der Waals surface area contributed by atoms with Gasteiger partial charge in [-0.05, 0) is 26.0 Å². The number of thioether (sulfide) groups is 1. The number of amides is 1. The summed E-state index contributed by atoms with van der Waals surface area (Å²) in [6.07, 6.45) is -0.372. The summed E-state index contributed by atoms with van der Waals surface area (Å²) in [5.74, 6) is 2.13. The Hall–Kier alpha value is -3.01. The van der Waals surface area contributed by atoms with E-state index in [1.54, 1.807) is 19.9 Å². The first kappa shape index (κ1) is 18.4. The second-order valence-electron chi connectivity index (χ2n) is 6.35. The quantitative estimate of drug-likeness (QED) is 0.651. The number of rotatable bonds is 5. The molecule has 4 rings (SSSR count). The maximum absolute atomic E-state index is 12.4. The van der Waals surface area contributed by atoms with Gasteiger partial charge in [-0.3, -0.25) is 10.1 Å². The number of benzene rings is 1. The number of nitrogens with zero attached hydrogens (tertiary/aromatic N) is 4. The molecule has 2 unspecified atom stereocenters. The van der Waals surface area contributed by atoms with Gasteiger partial charge in [-0.2, -0.15) is 0 Å². The predicted octanol–water partition coefficient (Wildman–Crippen LogP) is 2.74. The summed E-state index contributed by atoms with van der Waals surface area (Å²) >= 11 is 1.29. The number of para-hydroxylation sites is 2. The first-order chi connectivity index (χ1) is 13.5. The van der Waals surface area contributed by atoms with Gasteiger partial charge >= 0.3 is 0 Å². The van der Waals surface area contributed by atoms with E-state index in [0.717, 1.165) is 0 Å². The van der Waals surface area contributed by atoms with E-state index in [1.807, 2.05) is 35.9 Å². The molecule has 0 aliphatic carbocycles. The number of fused-ring (bicyclic) bond motifs is 1. The first-order valence-corrected chi connectivity index (χ1v) is 9.58. The summed E-state index contributed by atoms with van der Waals surface area (Å²) in [5, 5.41) is 15.1. The fourth-order valence-corrected chi connectivity index (χ4v) is 3.53. The smallest absolute Gasteiger partial charge is 0.240 e. The Bertz CT molecular complexity index is 1000. The maximum Gasteiger partial charge on any atom is 0.240 e. The Labute approximate surface area is 165 Å². The molecule has 3 heterocycles. The van der Waals surface area contributed by atoms with Crippen LogP contribution >= 0.6 is 11.8 Å². The maximum atomic E-state index is 12.4. The summed E-state index contributed by atoms with van der Waals surface area (Å²) in [6, 6.07) is 9.16. The van der Waals surface area contributed by atoms with E-state index in [-0.39, 0.29) is 12.0 Å². The van der Waals surface area contributed by atoms with E-state index < -0.39 is 5.25 Å². The number of carbonyl (C=O) groups excluding carboxylic acids is 1. The lowest BCUT2D eigenvalue weighted by atomic mass is 10.2. The molecule has 1 aliphatic heterocycles. The molecule has 0 saturated carbocycles. The number of anilines is 1. The number of hydrogen-bond acceptors (Lipinski definition) is 8. The summed E-state index contributed by atoms with van der Waals surface area (Å²) in [4.78, 5) is 12.4. The highest BCUT2D eigenvalue weighted by atomic mass is 32.2. The van der Waals surface area contributed by atoms with Crippen molar-refractivity contribution in [2.24, 2.45) is 7.05 Å². The molecule has 0 bridgehead atoms. The molecule has 28 heavy (non-hydrogen) atoms. The van der Waals surface area contributed by atoms with Crippen molar-refractivity contribution in [3.05, 3.63) is 41.9 Å². The monoisotopic (exact) mass is 401 g/mol. The Kier molecular flexibility index (Phi) is 4.95. The van der Waals surface area contributed by atoms with E-state index in [4.69, 9.17) is 14.0 Å². The summed E-state index contributed by atoms with van der Waals surface area (Å²) in [6.45, 7) is 3.91. The molecule has 0 spiro atoms. The van der Waals surface area contributed by atoms with E-state index in [1.165, 1.54) is 11.8 Å². The van der Waals surface area contributed by atoms with Gasteiger partial charge in [-0.25, -0.2) is 0 Å². The van der Waals surface area contributed by atoms with Gasteiger partial charge < -0.3 is 18.6 Å². The minimum absolute atomic E-state index is 0.211. The lowest BCUT2D eigenvalue weighted by Gasteiger charge is -2.25. The Morgan fingerprint density at radius 3 is 2.86 bits per heavy atom. The van der Waals surface area contributed by atoms with Crippen molar-refractivity contribution in [2.75, 3.05) is 11.9 Å². The first-order valence-electron chi connectivity index (χ1n) is 8.70. The van der Waals surface area contributed by atoms with Crippen molar-refractivity contribution in [3.63, 3.8) is 0 Å². The molecule has 2 aromatic heterocycles. The third-order valence-corrected chi connectivity index (χ3v) is 5.32. The van der Waals surface area contributed by atoms with Crippen LogP contribution in [0.15, 0.2) is 40.0 Å². The zero-order valence-corrected chi connectivity index (χ0v) is 16.4. The van der Waals surface area contributed by atoms with Crippen LogP contribution < -0.4 is 14.8 Å². The van der Waals surface area contributed by atoms with E-state index >= 15 is 0 Å². The molecule has 1 aliphatic rings. The van der Waals surface area contributed by atoms with Crippen molar-refractivity contribution in [2.45, 2.75) is 30.4 Å². The number of ether oxygens (including phenoxy) is 2. The van der Waals surface area contributed by atoms with Crippen LogP contribution in [0.4, 0.5) is 5.88 Å². The van der Waals surface area contributed by atoms with Gasteiger partial charge in [0.25, 0.3) is 0 Å². The standard InChI is InChI=1S/C18H19N5O4S/c1-10-8-15(27-22-10)19-17(24)11(2)28-18-21-20-16(23(18)3)14-9-25-12-6-4-5-7-13(12)26-14/h4-8,11,14H,9H2,1-3H3,(H,19,24). The van der Waals surface area contributed by atoms with Crippen molar-refractivity contribution < 1.29 is 18.8 Å². The average molecular weight is 401 g/mol. The molecule has 9 nitrogen and oxygen atoms in total. The Morgan fingerprint density at radius 2 is 2.11 bits per heavy atom. The van der Waals surface area contributed by atoms with E-state index in [2.05, 4.69) is 20.7 Å². The fraction of sp³-hybridized carbons (Fsp3) is 0.333. The van der Waals surface area contributed by atoms with Crippen LogP contribution in [0.2, 0.25) is 0 Å². The summed E-state index contributed by atoms with van der Waals surface area (Å²) in [5.41, 5.74) is 0.699. The third kappa shape index (κ3) is 3.68. The van der Waals surface area contributed by atoms with Crippen LogP contribution in [-0.2, 0) is 11.8 Å². The van der Waals surface area contributed by atoms with Crippen LogP contribution in [0.1, 0.15) is 24.5 Å². The largest absolute Gasteiger partial charge is 0.485 e. The number of aryl methyl sites for hydroxylation is 1. The highest BCUT2D eigenvalue weighted by molar-refractivity contribution is 8.00. The number of carbonyl (C=O) groups is 1. The molecular weight excluding hydrogens is 382 g/mol. The van der Waals surface area contributed by atoms with Gasteiger partial charge in [0.1, 0.15) is 6.61 Å². The van der Waals surface area contributed by atoms with Crippen molar-refractivity contribution in [1.29, 1.82) is 0 Å².